The first-order chi connectivity index (χ1) is 14.0. The van der Waals surface area contributed by atoms with Crippen molar-refractivity contribution >= 4 is 11.6 Å². The number of hydrogen-bond donors (Lipinski definition) is 0. The topological polar surface area (TPSA) is 32.8 Å². The molecule has 1 aliphatic heterocycles. The van der Waals surface area contributed by atoms with Crippen molar-refractivity contribution in [1.82, 2.24) is 4.90 Å². The Bertz CT molecular complexity index is 884. The number of rotatable bonds is 4. The lowest BCUT2D eigenvalue weighted by Crippen LogP contribution is -2.52. The molecule has 4 rings (SSSR count). The molecule has 1 fully saturated rings. The number of carbonyl (C=O) groups is 1. The molecule has 154 valence electrons. The average Bonchev–Trinajstić information content (AvgIpc) is 2.75. The molecule has 0 bridgehead atoms. The lowest BCUT2D eigenvalue weighted by atomic mass is 9.91. The van der Waals surface area contributed by atoms with Crippen molar-refractivity contribution in [2.75, 3.05) is 31.1 Å². The van der Waals surface area contributed by atoms with Crippen molar-refractivity contribution in [1.29, 1.82) is 0 Å². The maximum Gasteiger partial charge on any atom is 0.263 e. The summed E-state index contributed by atoms with van der Waals surface area (Å²) in [6, 6.07) is 12.7. The number of fused-ring (bicyclic) bond motifs is 1. The summed E-state index contributed by atoms with van der Waals surface area (Å²) in [5.74, 6) is 0.996. The molecule has 4 nitrogen and oxygen atoms in total. The van der Waals surface area contributed by atoms with Crippen molar-refractivity contribution in [3.8, 4) is 5.75 Å². The van der Waals surface area contributed by atoms with Gasteiger partial charge >= 0.3 is 0 Å². The van der Waals surface area contributed by atoms with Crippen LogP contribution in [0.5, 0.6) is 5.75 Å². The summed E-state index contributed by atoms with van der Waals surface area (Å²) in [5.41, 5.74) is 6.62. The van der Waals surface area contributed by atoms with E-state index in [1.807, 2.05) is 17.9 Å². The maximum absolute atomic E-state index is 13.0. The van der Waals surface area contributed by atoms with Crippen LogP contribution in [0, 0.1) is 13.8 Å². The Morgan fingerprint density at radius 3 is 2.48 bits per heavy atom. The van der Waals surface area contributed by atoms with Gasteiger partial charge in [0.25, 0.3) is 5.91 Å². The van der Waals surface area contributed by atoms with E-state index >= 15 is 0 Å². The van der Waals surface area contributed by atoms with E-state index in [9.17, 15) is 4.79 Å². The predicted octanol–water partition coefficient (Wildman–Crippen LogP) is 4.30. The van der Waals surface area contributed by atoms with Crippen LogP contribution in [0.15, 0.2) is 36.4 Å². The van der Waals surface area contributed by atoms with Gasteiger partial charge in [0.2, 0.25) is 0 Å². The Morgan fingerprint density at radius 1 is 0.966 bits per heavy atom. The number of nitrogens with zero attached hydrogens (tertiary/aromatic N) is 2. The molecule has 4 heteroatoms. The fourth-order valence-electron chi connectivity index (χ4n) is 4.60. The Kier molecular flexibility index (Phi) is 5.79. The van der Waals surface area contributed by atoms with Crippen LogP contribution < -0.4 is 9.64 Å². The molecular weight excluding hydrogens is 360 g/mol. The zero-order valence-corrected chi connectivity index (χ0v) is 17.9. The first kappa shape index (κ1) is 19.8. The van der Waals surface area contributed by atoms with Crippen LogP contribution in [0.2, 0.25) is 0 Å². The van der Waals surface area contributed by atoms with Crippen LogP contribution in [0.1, 0.15) is 42.0 Å². The zero-order chi connectivity index (χ0) is 20.4. The minimum Gasteiger partial charge on any atom is -0.481 e. The monoisotopic (exact) mass is 392 g/mol. The van der Waals surface area contributed by atoms with Gasteiger partial charge in [0.15, 0.2) is 6.10 Å². The molecule has 0 unspecified atom stereocenters. The Hall–Kier alpha value is -2.49. The number of carbonyl (C=O) groups excluding carboxylic acids is 1. The third-order valence-corrected chi connectivity index (χ3v) is 6.51. The molecule has 0 N–H and O–H groups in total. The van der Waals surface area contributed by atoms with Crippen LogP contribution >= 0.6 is 0 Å². The molecule has 1 atom stereocenters. The van der Waals surface area contributed by atoms with Crippen LogP contribution in [-0.4, -0.2) is 43.1 Å². The van der Waals surface area contributed by atoms with E-state index in [-0.39, 0.29) is 5.91 Å². The van der Waals surface area contributed by atoms with Gasteiger partial charge < -0.3 is 14.5 Å². The number of ether oxygens (including phenoxy) is 1. The number of amides is 1. The molecule has 29 heavy (non-hydrogen) atoms. The van der Waals surface area contributed by atoms with E-state index < -0.39 is 6.10 Å². The van der Waals surface area contributed by atoms with Crippen molar-refractivity contribution in [3.63, 3.8) is 0 Å². The summed E-state index contributed by atoms with van der Waals surface area (Å²) in [7, 11) is 0. The fraction of sp³-hybridized carbons (Fsp3) is 0.480. The SMILES string of the molecule is Cc1cccc(N2CCN(C(=O)[C@@H](C)Oc3cccc4c3CCCC4)CC2)c1C. The van der Waals surface area contributed by atoms with Crippen molar-refractivity contribution in [2.45, 2.75) is 52.6 Å². The summed E-state index contributed by atoms with van der Waals surface area (Å²) in [5, 5.41) is 0. The van der Waals surface area contributed by atoms with E-state index in [0.717, 1.165) is 44.8 Å². The fourth-order valence-corrected chi connectivity index (χ4v) is 4.60. The van der Waals surface area contributed by atoms with Crippen molar-refractivity contribution < 1.29 is 9.53 Å². The zero-order valence-electron chi connectivity index (χ0n) is 17.9. The van der Waals surface area contributed by atoms with Crippen LogP contribution in [0.4, 0.5) is 5.69 Å². The summed E-state index contributed by atoms with van der Waals surface area (Å²) in [6.07, 6.45) is 4.18. The molecule has 2 aromatic carbocycles. The minimum atomic E-state index is -0.448. The summed E-state index contributed by atoms with van der Waals surface area (Å²) in [4.78, 5) is 17.4. The molecule has 0 spiro atoms. The van der Waals surface area contributed by atoms with Gasteiger partial charge in [-0.2, -0.15) is 0 Å². The van der Waals surface area contributed by atoms with Crippen LogP contribution in [0.3, 0.4) is 0 Å². The normalized spacial score (nSPS) is 17.6. The molecule has 0 saturated carbocycles. The second kappa shape index (κ2) is 8.48. The highest BCUT2D eigenvalue weighted by Gasteiger charge is 2.27. The molecule has 1 heterocycles. The lowest BCUT2D eigenvalue weighted by molar-refractivity contribution is -0.138. The molecule has 2 aliphatic rings. The number of benzene rings is 2. The van der Waals surface area contributed by atoms with E-state index in [0.29, 0.717) is 0 Å². The minimum absolute atomic E-state index is 0.0963. The third-order valence-electron chi connectivity index (χ3n) is 6.51. The number of anilines is 1. The first-order valence-electron chi connectivity index (χ1n) is 10.9. The van der Waals surface area contributed by atoms with Crippen LogP contribution in [-0.2, 0) is 17.6 Å². The largest absolute Gasteiger partial charge is 0.481 e. The summed E-state index contributed by atoms with van der Waals surface area (Å²) < 4.78 is 6.17. The standard InChI is InChI=1S/C25H32N2O2/c1-18-8-6-12-23(19(18)2)26-14-16-27(17-15-26)25(28)20(3)29-24-13-7-10-21-9-4-5-11-22(21)24/h6-8,10,12-13,20H,4-5,9,11,14-17H2,1-3H3/t20-/m1/s1. The number of hydrogen-bond acceptors (Lipinski definition) is 3. The van der Waals surface area contributed by atoms with E-state index in [1.54, 1.807) is 0 Å². The predicted molar refractivity (Wildman–Crippen MR) is 118 cm³/mol. The highest BCUT2D eigenvalue weighted by atomic mass is 16.5. The Balaban J connectivity index is 1.38. The molecule has 1 saturated heterocycles. The van der Waals surface area contributed by atoms with Gasteiger partial charge in [-0.1, -0.05) is 24.3 Å². The quantitative estimate of drug-likeness (QED) is 0.778. The van der Waals surface area contributed by atoms with Gasteiger partial charge in [-0.05, 0) is 80.8 Å². The van der Waals surface area contributed by atoms with Gasteiger partial charge in [-0.15, -0.1) is 0 Å². The average molecular weight is 393 g/mol. The number of piperazine rings is 1. The van der Waals surface area contributed by atoms with Gasteiger partial charge in [0.05, 0.1) is 0 Å². The van der Waals surface area contributed by atoms with E-state index in [2.05, 4.69) is 49.1 Å². The molecule has 0 aromatic heterocycles. The van der Waals surface area contributed by atoms with Crippen LogP contribution in [0.25, 0.3) is 0 Å². The highest BCUT2D eigenvalue weighted by Crippen LogP contribution is 2.30. The van der Waals surface area contributed by atoms with Crippen molar-refractivity contribution in [3.05, 3.63) is 58.7 Å². The maximum atomic E-state index is 13.0. The Morgan fingerprint density at radius 2 is 1.69 bits per heavy atom. The lowest BCUT2D eigenvalue weighted by Gasteiger charge is -2.38. The number of aryl methyl sites for hydroxylation is 2. The van der Waals surface area contributed by atoms with Crippen molar-refractivity contribution in [2.24, 2.45) is 0 Å². The smallest absolute Gasteiger partial charge is 0.263 e. The Labute approximate surface area is 174 Å². The third kappa shape index (κ3) is 4.12. The van der Waals surface area contributed by atoms with Gasteiger partial charge in [-0.3, -0.25) is 4.79 Å². The summed E-state index contributed by atoms with van der Waals surface area (Å²) in [6.45, 7) is 9.44. The van der Waals surface area contributed by atoms with Gasteiger partial charge in [-0.25, -0.2) is 0 Å². The van der Waals surface area contributed by atoms with E-state index in [1.165, 1.54) is 40.8 Å². The molecule has 1 aliphatic carbocycles. The summed E-state index contributed by atoms with van der Waals surface area (Å²) >= 11 is 0. The van der Waals surface area contributed by atoms with Gasteiger partial charge in [0, 0.05) is 31.9 Å². The molecule has 2 aromatic rings. The second-order valence-corrected chi connectivity index (χ2v) is 8.39. The molecule has 0 radical (unpaired) electrons. The first-order valence-corrected chi connectivity index (χ1v) is 10.9. The molecule has 1 amide bonds. The molecular formula is C25H32N2O2. The van der Waals surface area contributed by atoms with E-state index in [4.69, 9.17) is 4.74 Å². The van der Waals surface area contributed by atoms with Gasteiger partial charge in [0.1, 0.15) is 5.75 Å². The highest BCUT2D eigenvalue weighted by molar-refractivity contribution is 5.81. The second-order valence-electron chi connectivity index (χ2n) is 8.39.